The molecule has 0 radical (unpaired) electrons. The zero-order chi connectivity index (χ0) is 21.6. The van der Waals surface area contributed by atoms with E-state index >= 15 is 0 Å². The second-order valence-electron chi connectivity index (χ2n) is 6.98. The summed E-state index contributed by atoms with van der Waals surface area (Å²) >= 11 is 1.12. The molecule has 31 heavy (non-hydrogen) atoms. The number of benzene rings is 2. The standard InChI is InChI=1S/C22H21FN4O3S/c23-18-4-2-1-3-17(18)22-24-13-19(31-22)21(29)26-16-7-5-15(6-8-16)25-20(28)14-27-9-11-30-12-10-27/h1-8,13H,9-12,14H2,(H,25,28)(H,26,29). The summed E-state index contributed by atoms with van der Waals surface area (Å²) in [7, 11) is 0. The summed E-state index contributed by atoms with van der Waals surface area (Å²) < 4.78 is 19.2. The van der Waals surface area contributed by atoms with Crippen LogP contribution in [-0.4, -0.2) is 54.5 Å². The summed E-state index contributed by atoms with van der Waals surface area (Å²) in [5, 5.41) is 6.08. The first-order valence-electron chi connectivity index (χ1n) is 9.80. The highest BCUT2D eigenvalue weighted by Crippen LogP contribution is 2.27. The number of anilines is 2. The molecular weight excluding hydrogens is 419 g/mol. The van der Waals surface area contributed by atoms with Crippen molar-refractivity contribution in [1.82, 2.24) is 9.88 Å². The lowest BCUT2D eigenvalue weighted by Gasteiger charge is -2.25. The number of carbonyl (C=O) groups excluding carboxylic acids is 2. The molecule has 0 bridgehead atoms. The predicted octanol–water partition coefficient (Wildman–Crippen LogP) is 3.47. The number of hydrogen-bond acceptors (Lipinski definition) is 6. The van der Waals surface area contributed by atoms with Crippen LogP contribution < -0.4 is 10.6 Å². The van der Waals surface area contributed by atoms with Crippen molar-refractivity contribution in [3.63, 3.8) is 0 Å². The first-order chi connectivity index (χ1) is 15.1. The van der Waals surface area contributed by atoms with Crippen molar-refractivity contribution < 1.29 is 18.7 Å². The molecule has 7 nitrogen and oxygen atoms in total. The Morgan fingerprint density at radius 2 is 1.71 bits per heavy atom. The number of nitrogens with one attached hydrogen (secondary N) is 2. The van der Waals surface area contributed by atoms with Crippen molar-refractivity contribution in [3.8, 4) is 10.6 Å². The number of nitrogens with zero attached hydrogens (tertiary/aromatic N) is 2. The molecule has 0 atom stereocenters. The lowest BCUT2D eigenvalue weighted by molar-refractivity contribution is -0.118. The molecule has 0 spiro atoms. The summed E-state index contributed by atoms with van der Waals surface area (Å²) in [6, 6.07) is 13.2. The van der Waals surface area contributed by atoms with Crippen LogP contribution in [0.5, 0.6) is 0 Å². The van der Waals surface area contributed by atoms with E-state index in [1.807, 2.05) is 4.90 Å². The Hall–Kier alpha value is -3.14. The number of carbonyl (C=O) groups is 2. The predicted molar refractivity (Wildman–Crippen MR) is 118 cm³/mol. The lowest BCUT2D eigenvalue weighted by atomic mass is 10.2. The molecule has 1 fully saturated rings. The Kier molecular flexibility index (Phi) is 6.66. The fraction of sp³-hybridized carbons (Fsp3) is 0.227. The average molecular weight is 441 g/mol. The summed E-state index contributed by atoms with van der Waals surface area (Å²) in [6.07, 6.45) is 1.43. The molecule has 0 saturated carbocycles. The van der Waals surface area contributed by atoms with Crippen LogP contribution in [0.3, 0.4) is 0 Å². The fourth-order valence-corrected chi connectivity index (χ4v) is 3.97. The van der Waals surface area contributed by atoms with Crippen molar-refractivity contribution in [1.29, 1.82) is 0 Å². The van der Waals surface area contributed by atoms with Gasteiger partial charge in [-0.3, -0.25) is 14.5 Å². The molecule has 0 aliphatic carbocycles. The van der Waals surface area contributed by atoms with Crippen molar-refractivity contribution in [3.05, 3.63) is 65.4 Å². The van der Waals surface area contributed by atoms with Gasteiger partial charge in [0.1, 0.15) is 15.7 Å². The van der Waals surface area contributed by atoms with Gasteiger partial charge in [-0.15, -0.1) is 11.3 Å². The average Bonchev–Trinajstić information content (AvgIpc) is 3.26. The van der Waals surface area contributed by atoms with Gasteiger partial charge in [-0.25, -0.2) is 9.37 Å². The topological polar surface area (TPSA) is 83.6 Å². The number of aromatic nitrogens is 1. The van der Waals surface area contributed by atoms with Gasteiger partial charge in [0.2, 0.25) is 5.91 Å². The van der Waals surface area contributed by atoms with E-state index in [1.165, 1.54) is 12.3 Å². The zero-order valence-corrected chi connectivity index (χ0v) is 17.5. The Balaban J connectivity index is 1.33. The smallest absolute Gasteiger partial charge is 0.267 e. The highest BCUT2D eigenvalue weighted by atomic mass is 32.1. The van der Waals surface area contributed by atoms with Crippen molar-refractivity contribution in [2.45, 2.75) is 0 Å². The highest BCUT2D eigenvalue weighted by molar-refractivity contribution is 7.17. The fourth-order valence-electron chi connectivity index (χ4n) is 3.13. The maximum atomic E-state index is 13.9. The number of halogens is 1. The van der Waals surface area contributed by atoms with Gasteiger partial charge in [0.25, 0.3) is 5.91 Å². The molecule has 1 aliphatic rings. The minimum absolute atomic E-state index is 0.0935. The minimum Gasteiger partial charge on any atom is -0.379 e. The molecule has 4 rings (SSSR count). The second-order valence-corrected chi connectivity index (χ2v) is 8.01. The monoisotopic (exact) mass is 440 g/mol. The molecule has 1 aliphatic heterocycles. The quantitative estimate of drug-likeness (QED) is 0.613. The minimum atomic E-state index is -0.380. The Labute approximate surface area is 182 Å². The van der Waals surface area contributed by atoms with Gasteiger partial charge in [0.15, 0.2) is 0 Å². The van der Waals surface area contributed by atoms with Crippen LogP contribution in [0, 0.1) is 5.82 Å². The van der Waals surface area contributed by atoms with Gasteiger partial charge in [0.05, 0.1) is 26.0 Å². The Morgan fingerprint density at radius 3 is 2.42 bits per heavy atom. The molecule has 2 N–H and O–H groups in total. The first kappa shape index (κ1) is 21.1. The van der Waals surface area contributed by atoms with E-state index in [9.17, 15) is 14.0 Å². The molecule has 0 unspecified atom stereocenters. The molecular formula is C22H21FN4O3S. The number of rotatable bonds is 6. The van der Waals surface area contributed by atoms with Gasteiger partial charge in [-0.05, 0) is 36.4 Å². The molecule has 160 valence electrons. The number of amides is 2. The molecule has 1 aromatic heterocycles. The van der Waals surface area contributed by atoms with Crippen LogP contribution in [-0.2, 0) is 9.53 Å². The van der Waals surface area contributed by atoms with E-state index in [-0.39, 0.29) is 17.6 Å². The third-order valence-corrected chi connectivity index (χ3v) is 5.76. The van der Waals surface area contributed by atoms with Gasteiger partial charge in [-0.1, -0.05) is 12.1 Å². The maximum absolute atomic E-state index is 13.9. The SMILES string of the molecule is O=C(CN1CCOCC1)Nc1ccc(NC(=O)c2cnc(-c3ccccc3F)s2)cc1. The lowest BCUT2D eigenvalue weighted by Crippen LogP contribution is -2.41. The van der Waals surface area contributed by atoms with Crippen molar-refractivity contribution >= 4 is 34.5 Å². The van der Waals surface area contributed by atoms with Crippen LogP contribution in [0.2, 0.25) is 0 Å². The number of ether oxygens (including phenoxy) is 1. The largest absolute Gasteiger partial charge is 0.379 e. The van der Waals surface area contributed by atoms with E-state index in [4.69, 9.17) is 4.74 Å². The first-order valence-corrected chi connectivity index (χ1v) is 10.6. The summed E-state index contributed by atoms with van der Waals surface area (Å²) in [5.41, 5.74) is 1.59. The van der Waals surface area contributed by atoms with E-state index in [0.717, 1.165) is 24.4 Å². The maximum Gasteiger partial charge on any atom is 0.267 e. The van der Waals surface area contributed by atoms with E-state index in [2.05, 4.69) is 15.6 Å². The number of morpholine rings is 1. The summed E-state index contributed by atoms with van der Waals surface area (Å²) in [5.74, 6) is -0.803. The van der Waals surface area contributed by atoms with Crippen LogP contribution in [0.25, 0.3) is 10.6 Å². The van der Waals surface area contributed by atoms with Gasteiger partial charge < -0.3 is 15.4 Å². The highest BCUT2D eigenvalue weighted by Gasteiger charge is 2.15. The molecule has 2 heterocycles. The van der Waals surface area contributed by atoms with Gasteiger partial charge in [0, 0.05) is 30.0 Å². The van der Waals surface area contributed by atoms with E-state index in [0.29, 0.717) is 46.6 Å². The molecule has 1 saturated heterocycles. The molecule has 9 heteroatoms. The summed E-state index contributed by atoms with van der Waals surface area (Å²) in [4.78, 5) is 31.3. The summed E-state index contributed by atoms with van der Waals surface area (Å²) in [6.45, 7) is 3.09. The third kappa shape index (κ3) is 5.52. The van der Waals surface area contributed by atoms with E-state index < -0.39 is 0 Å². The number of hydrogen-bond donors (Lipinski definition) is 2. The Morgan fingerprint density at radius 1 is 1.03 bits per heavy atom. The van der Waals surface area contributed by atoms with Crippen LogP contribution in [0.4, 0.5) is 15.8 Å². The normalized spacial score (nSPS) is 14.2. The second kappa shape index (κ2) is 9.78. The molecule has 3 aromatic rings. The van der Waals surface area contributed by atoms with Crippen molar-refractivity contribution in [2.75, 3.05) is 43.5 Å². The van der Waals surface area contributed by atoms with Crippen LogP contribution in [0.1, 0.15) is 9.67 Å². The van der Waals surface area contributed by atoms with Crippen molar-refractivity contribution in [2.24, 2.45) is 0 Å². The molecule has 2 amide bonds. The van der Waals surface area contributed by atoms with Crippen LogP contribution in [0.15, 0.2) is 54.7 Å². The van der Waals surface area contributed by atoms with E-state index in [1.54, 1.807) is 42.5 Å². The number of thiazole rings is 1. The zero-order valence-electron chi connectivity index (χ0n) is 16.6. The Bertz CT molecular complexity index is 1060. The third-order valence-electron chi connectivity index (χ3n) is 4.73. The van der Waals surface area contributed by atoms with Gasteiger partial charge in [-0.2, -0.15) is 0 Å². The molecule has 2 aromatic carbocycles. The van der Waals surface area contributed by atoms with Gasteiger partial charge >= 0.3 is 0 Å². The van der Waals surface area contributed by atoms with Crippen LogP contribution >= 0.6 is 11.3 Å².